The summed E-state index contributed by atoms with van der Waals surface area (Å²) in [5.74, 6) is 1.03. The standard InChI is InChI=1S/C25H22ClN3O3/c1-18-14-24(29(25(30)31)22-10-6-3-7-11-22)27-28(18)16-20-15-21(26)12-13-23(20)32-17-19-8-4-2-5-9-19/h2-15H,16-17H2,1H3,(H,30,31). The molecule has 0 aliphatic heterocycles. The second-order valence-corrected chi connectivity index (χ2v) is 7.72. The number of benzene rings is 3. The van der Waals surface area contributed by atoms with E-state index < -0.39 is 6.09 Å². The highest BCUT2D eigenvalue weighted by molar-refractivity contribution is 6.30. The molecule has 1 heterocycles. The van der Waals surface area contributed by atoms with E-state index in [0.29, 0.717) is 35.4 Å². The third-order valence-corrected chi connectivity index (χ3v) is 5.22. The van der Waals surface area contributed by atoms with Crippen molar-refractivity contribution in [2.75, 3.05) is 4.90 Å². The second kappa shape index (κ2) is 9.58. The van der Waals surface area contributed by atoms with Crippen molar-refractivity contribution in [3.8, 4) is 5.75 Å². The maximum Gasteiger partial charge on any atom is 0.417 e. The number of para-hydroxylation sites is 1. The molecule has 0 saturated heterocycles. The van der Waals surface area contributed by atoms with Crippen molar-refractivity contribution in [3.63, 3.8) is 0 Å². The van der Waals surface area contributed by atoms with Crippen molar-refractivity contribution in [2.24, 2.45) is 0 Å². The van der Waals surface area contributed by atoms with Crippen LogP contribution in [0.1, 0.15) is 16.8 Å². The molecule has 0 aliphatic carbocycles. The fourth-order valence-corrected chi connectivity index (χ4v) is 3.58. The first-order valence-corrected chi connectivity index (χ1v) is 10.5. The molecule has 0 bridgehead atoms. The largest absolute Gasteiger partial charge is 0.489 e. The van der Waals surface area contributed by atoms with Crippen LogP contribution in [-0.2, 0) is 13.2 Å². The summed E-state index contributed by atoms with van der Waals surface area (Å²) in [5.41, 5.74) is 3.26. The Hall–Kier alpha value is -3.77. The molecule has 162 valence electrons. The quantitative estimate of drug-likeness (QED) is 0.361. The van der Waals surface area contributed by atoms with E-state index >= 15 is 0 Å². The lowest BCUT2D eigenvalue weighted by molar-refractivity contribution is 0.204. The van der Waals surface area contributed by atoms with Gasteiger partial charge in [0.05, 0.1) is 12.2 Å². The van der Waals surface area contributed by atoms with Crippen LogP contribution in [0.4, 0.5) is 16.3 Å². The van der Waals surface area contributed by atoms with Gasteiger partial charge in [-0.05, 0) is 42.8 Å². The first kappa shape index (κ1) is 21.5. The van der Waals surface area contributed by atoms with Crippen molar-refractivity contribution >= 4 is 29.2 Å². The first-order valence-electron chi connectivity index (χ1n) is 10.1. The summed E-state index contributed by atoms with van der Waals surface area (Å²) >= 11 is 6.25. The van der Waals surface area contributed by atoms with Crippen molar-refractivity contribution in [1.82, 2.24) is 9.78 Å². The smallest absolute Gasteiger partial charge is 0.417 e. The molecule has 0 atom stereocenters. The molecule has 0 saturated carbocycles. The predicted molar refractivity (Wildman–Crippen MR) is 125 cm³/mol. The first-order chi connectivity index (χ1) is 15.5. The number of aromatic nitrogens is 2. The number of nitrogens with zero attached hydrogens (tertiary/aromatic N) is 3. The molecule has 1 aromatic heterocycles. The molecule has 0 radical (unpaired) electrons. The highest BCUT2D eigenvalue weighted by Gasteiger charge is 2.21. The second-order valence-electron chi connectivity index (χ2n) is 7.28. The molecule has 6 nitrogen and oxygen atoms in total. The van der Waals surface area contributed by atoms with E-state index in [0.717, 1.165) is 21.7 Å². The van der Waals surface area contributed by atoms with E-state index in [9.17, 15) is 9.90 Å². The maximum atomic E-state index is 11.9. The molecule has 1 amide bonds. The highest BCUT2D eigenvalue weighted by atomic mass is 35.5. The monoisotopic (exact) mass is 447 g/mol. The van der Waals surface area contributed by atoms with Gasteiger partial charge in [-0.1, -0.05) is 60.1 Å². The van der Waals surface area contributed by atoms with E-state index in [2.05, 4.69) is 5.10 Å². The molecule has 0 fully saturated rings. The number of anilines is 2. The van der Waals surface area contributed by atoms with Crippen molar-refractivity contribution in [3.05, 3.63) is 107 Å². The van der Waals surface area contributed by atoms with Gasteiger partial charge in [0.25, 0.3) is 0 Å². The zero-order chi connectivity index (χ0) is 22.5. The van der Waals surface area contributed by atoms with Crippen molar-refractivity contribution in [2.45, 2.75) is 20.1 Å². The Morgan fingerprint density at radius 1 is 1.03 bits per heavy atom. The van der Waals surface area contributed by atoms with Gasteiger partial charge in [-0.15, -0.1) is 0 Å². The number of hydrogen-bond acceptors (Lipinski definition) is 3. The summed E-state index contributed by atoms with van der Waals surface area (Å²) in [6, 6.07) is 26.0. The summed E-state index contributed by atoms with van der Waals surface area (Å²) in [6.45, 7) is 2.70. The van der Waals surface area contributed by atoms with E-state index in [-0.39, 0.29) is 0 Å². The number of rotatable bonds is 7. The molecule has 7 heteroatoms. The third-order valence-electron chi connectivity index (χ3n) is 4.98. The van der Waals surface area contributed by atoms with Crippen LogP contribution in [-0.4, -0.2) is 21.0 Å². The molecular weight excluding hydrogens is 426 g/mol. The lowest BCUT2D eigenvalue weighted by atomic mass is 10.2. The molecule has 4 aromatic rings. The zero-order valence-electron chi connectivity index (χ0n) is 17.5. The average Bonchev–Trinajstić information content (AvgIpc) is 3.14. The van der Waals surface area contributed by atoms with E-state index in [4.69, 9.17) is 16.3 Å². The van der Waals surface area contributed by atoms with Crippen LogP contribution in [0, 0.1) is 6.92 Å². The highest BCUT2D eigenvalue weighted by Crippen LogP contribution is 2.28. The van der Waals surface area contributed by atoms with Gasteiger partial charge in [0.15, 0.2) is 5.82 Å². The summed E-state index contributed by atoms with van der Waals surface area (Å²) < 4.78 is 7.79. The normalized spacial score (nSPS) is 10.7. The van der Waals surface area contributed by atoms with Crippen molar-refractivity contribution in [1.29, 1.82) is 0 Å². The van der Waals surface area contributed by atoms with Crippen LogP contribution in [0.15, 0.2) is 84.9 Å². The minimum atomic E-state index is -1.10. The number of hydrogen-bond donors (Lipinski definition) is 1. The van der Waals surface area contributed by atoms with Crippen LogP contribution in [0.3, 0.4) is 0 Å². The fraction of sp³-hybridized carbons (Fsp3) is 0.120. The predicted octanol–water partition coefficient (Wildman–Crippen LogP) is 6.29. The van der Waals surface area contributed by atoms with Gasteiger partial charge in [-0.3, -0.25) is 4.68 Å². The number of halogens is 1. The lowest BCUT2D eigenvalue weighted by Crippen LogP contribution is -2.24. The number of ether oxygens (including phenoxy) is 1. The number of aryl methyl sites for hydroxylation is 1. The summed E-state index contributed by atoms with van der Waals surface area (Å²) in [7, 11) is 0. The van der Waals surface area contributed by atoms with Gasteiger partial charge < -0.3 is 9.84 Å². The number of carboxylic acid groups (broad SMARTS) is 1. The van der Waals surface area contributed by atoms with Crippen LogP contribution >= 0.6 is 11.6 Å². The number of carbonyl (C=O) groups is 1. The molecular formula is C25H22ClN3O3. The van der Waals surface area contributed by atoms with Crippen LogP contribution in [0.5, 0.6) is 5.75 Å². The minimum absolute atomic E-state index is 0.329. The van der Waals surface area contributed by atoms with Gasteiger partial charge in [0.2, 0.25) is 0 Å². The molecule has 32 heavy (non-hydrogen) atoms. The Labute approximate surface area is 191 Å². The molecule has 0 spiro atoms. The molecule has 0 unspecified atom stereocenters. The third kappa shape index (κ3) is 4.92. The average molecular weight is 448 g/mol. The van der Waals surface area contributed by atoms with Gasteiger partial charge >= 0.3 is 6.09 Å². The lowest BCUT2D eigenvalue weighted by Gasteiger charge is -2.16. The van der Waals surface area contributed by atoms with Crippen LogP contribution < -0.4 is 9.64 Å². The summed E-state index contributed by atoms with van der Waals surface area (Å²) in [4.78, 5) is 13.1. The Balaban J connectivity index is 1.60. The van der Waals surface area contributed by atoms with Crippen LogP contribution in [0.2, 0.25) is 5.02 Å². The minimum Gasteiger partial charge on any atom is -0.489 e. The molecule has 1 N–H and O–H groups in total. The van der Waals surface area contributed by atoms with Gasteiger partial charge in [0, 0.05) is 22.3 Å². The molecule has 0 aliphatic rings. The van der Waals surface area contributed by atoms with E-state index in [1.807, 2.05) is 55.5 Å². The summed E-state index contributed by atoms with van der Waals surface area (Å²) in [5, 5.41) is 14.9. The number of amides is 1. The zero-order valence-corrected chi connectivity index (χ0v) is 18.2. The maximum absolute atomic E-state index is 11.9. The van der Waals surface area contributed by atoms with E-state index in [1.54, 1.807) is 41.1 Å². The Morgan fingerprint density at radius 3 is 2.41 bits per heavy atom. The van der Waals surface area contributed by atoms with Gasteiger partial charge in [-0.2, -0.15) is 5.10 Å². The summed E-state index contributed by atoms with van der Waals surface area (Å²) in [6.07, 6.45) is -1.10. The Bertz CT molecular complexity index is 1210. The fourth-order valence-electron chi connectivity index (χ4n) is 3.39. The van der Waals surface area contributed by atoms with Gasteiger partial charge in [0.1, 0.15) is 12.4 Å². The van der Waals surface area contributed by atoms with E-state index in [1.165, 1.54) is 0 Å². The molecule has 3 aromatic carbocycles. The topological polar surface area (TPSA) is 67.6 Å². The molecule has 4 rings (SSSR count). The van der Waals surface area contributed by atoms with Crippen molar-refractivity contribution < 1.29 is 14.6 Å². The Morgan fingerprint density at radius 2 is 1.72 bits per heavy atom. The van der Waals surface area contributed by atoms with Gasteiger partial charge in [-0.25, -0.2) is 9.69 Å². The van der Waals surface area contributed by atoms with Crippen LogP contribution in [0.25, 0.3) is 0 Å². The Kier molecular flexibility index (Phi) is 6.42. The SMILES string of the molecule is Cc1cc(N(C(=O)O)c2ccccc2)nn1Cc1cc(Cl)ccc1OCc1ccccc1.